The number of non-ortho nitro benzene ring substituents is 1. The highest BCUT2D eigenvalue weighted by Gasteiger charge is 2.23. The molecule has 10 heteroatoms. The van der Waals surface area contributed by atoms with Crippen molar-refractivity contribution in [2.45, 2.75) is 20.0 Å². The summed E-state index contributed by atoms with van der Waals surface area (Å²) in [5, 5.41) is 17.5. The number of nitrogens with zero attached hydrogens (tertiary/aromatic N) is 4. The maximum absolute atomic E-state index is 12.5. The molecule has 1 atom stereocenters. The first kappa shape index (κ1) is 19.7. The third kappa shape index (κ3) is 4.43. The molecule has 0 spiro atoms. The van der Waals surface area contributed by atoms with Gasteiger partial charge >= 0.3 is 5.97 Å². The summed E-state index contributed by atoms with van der Waals surface area (Å²) in [4.78, 5) is 39.2. The molecular formula is C19H17N5O5. The average Bonchev–Trinajstić information content (AvgIpc) is 3.10. The lowest BCUT2D eigenvalue weighted by molar-refractivity contribution is -0.384. The second-order valence-corrected chi connectivity index (χ2v) is 6.09. The molecule has 0 saturated heterocycles. The summed E-state index contributed by atoms with van der Waals surface area (Å²) < 4.78 is 6.71. The van der Waals surface area contributed by atoms with Crippen molar-refractivity contribution in [2.24, 2.45) is 0 Å². The smallest absolute Gasteiger partial charge is 0.342 e. The van der Waals surface area contributed by atoms with Gasteiger partial charge in [0.25, 0.3) is 11.6 Å². The van der Waals surface area contributed by atoms with Gasteiger partial charge in [-0.1, -0.05) is 12.1 Å². The molecule has 0 saturated carbocycles. The monoisotopic (exact) mass is 395 g/mol. The van der Waals surface area contributed by atoms with Crippen molar-refractivity contribution >= 4 is 23.3 Å². The number of benzene rings is 1. The van der Waals surface area contributed by atoms with Crippen LogP contribution in [-0.4, -0.2) is 37.7 Å². The molecule has 1 amide bonds. The number of carbonyl (C=O) groups is 2. The molecule has 0 aliphatic rings. The van der Waals surface area contributed by atoms with E-state index < -0.39 is 22.9 Å². The quantitative estimate of drug-likeness (QED) is 0.386. The van der Waals surface area contributed by atoms with Gasteiger partial charge in [-0.25, -0.2) is 14.5 Å². The van der Waals surface area contributed by atoms with E-state index in [1.807, 2.05) is 0 Å². The first-order valence-electron chi connectivity index (χ1n) is 8.59. The molecule has 0 aliphatic heterocycles. The van der Waals surface area contributed by atoms with Gasteiger partial charge in [-0.05, 0) is 32.0 Å². The fraction of sp³-hybridized carbons (Fsp3) is 0.158. The largest absolute Gasteiger partial charge is 0.449 e. The number of carbonyl (C=O) groups excluding carboxylic acids is 2. The van der Waals surface area contributed by atoms with E-state index in [1.54, 1.807) is 31.3 Å². The number of anilines is 1. The number of nitro benzene ring substituents is 1. The molecule has 2 heterocycles. The number of ether oxygens (including phenoxy) is 1. The van der Waals surface area contributed by atoms with Crippen LogP contribution in [0.4, 0.5) is 11.4 Å². The second-order valence-electron chi connectivity index (χ2n) is 6.09. The summed E-state index contributed by atoms with van der Waals surface area (Å²) in [7, 11) is 0. The zero-order valence-electron chi connectivity index (χ0n) is 15.6. The number of amides is 1. The van der Waals surface area contributed by atoms with Crippen LogP contribution >= 0.6 is 0 Å². The Balaban J connectivity index is 1.68. The van der Waals surface area contributed by atoms with Crippen molar-refractivity contribution in [2.75, 3.05) is 5.32 Å². The van der Waals surface area contributed by atoms with E-state index in [4.69, 9.17) is 4.74 Å². The lowest BCUT2D eigenvalue weighted by atomic mass is 10.2. The Morgan fingerprint density at radius 1 is 1.24 bits per heavy atom. The fourth-order valence-electron chi connectivity index (χ4n) is 2.54. The standard InChI is InChI=1S/C19H17N5O5/c1-12-16(11-21-23(12)17-8-3-4-9-20-17)19(26)29-13(2)18(25)22-14-6-5-7-15(10-14)24(27)28/h3-11,13H,1-2H3,(H,22,25). The Kier molecular flexibility index (Phi) is 5.63. The van der Waals surface area contributed by atoms with Crippen molar-refractivity contribution in [3.63, 3.8) is 0 Å². The normalized spacial score (nSPS) is 11.5. The summed E-state index contributed by atoms with van der Waals surface area (Å²) >= 11 is 0. The van der Waals surface area contributed by atoms with Crippen LogP contribution in [0.3, 0.4) is 0 Å². The molecule has 0 fully saturated rings. The zero-order chi connectivity index (χ0) is 21.0. The predicted octanol–water partition coefficient (Wildman–Crippen LogP) is 2.67. The SMILES string of the molecule is Cc1c(C(=O)OC(C)C(=O)Nc2cccc([N+](=O)[O-])c2)cnn1-c1ccccn1. The number of nitrogens with one attached hydrogen (secondary N) is 1. The van der Waals surface area contributed by atoms with Gasteiger partial charge in [0, 0.05) is 24.0 Å². The zero-order valence-corrected chi connectivity index (χ0v) is 15.6. The van der Waals surface area contributed by atoms with E-state index in [0.717, 1.165) is 0 Å². The number of rotatable bonds is 6. The minimum Gasteiger partial charge on any atom is -0.449 e. The third-order valence-electron chi connectivity index (χ3n) is 4.07. The van der Waals surface area contributed by atoms with Gasteiger partial charge in [-0.2, -0.15) is 5.10 Å². The summed E-state index contributed by atoms with van der Waals surface area (Å²) in [5.74, 6) is -0.791. The summed E-state index contributed by atoms with van der Waals surface area (Å²) in [5.41, 5.74) is 0.780. The second kappa shape index (κ2) is 8.30. The van der Waals surface area contributed by atoms with E-state index >= 15 is 0 Å². The molecule has 0 radical (unpaired) electrons. The Bertz CT molecular complexity index is 1060. The van der Waals surface area contributed by atoms with Crippen LogP contribution < -0.4 is 5.32 Å². The van der Waals surface area contributed by atoms with E-state index in [-0.39, 0.29) is 16.9 Å². The Morgan fingerprint density at radius 3 is 2.72 bits per heavy atom. The van der Waals surface area contributed by atoms with Crippen LogP contribution in [0.2, 0.25) is 0 Å². The number of hydrogen-bond acceptors (Lipinski definition) is 7. The first-order valence-corrected chi connectivity index (χ1v) is 8.59. The number of esters is 1. The average molecular weight is 395 g/mol. The molecule has 0 bridgehead atoms. The van der Waals surface area contributed by atoms with Crippen LogP contribution in [0.15, 0.2) is 54.9 Å². The molecule has 1 unspecified atom stereocenters. The molecule has 1 aromatic carbocycles. The van der Waals surface area contributed by atoms with Gasteiger partial charge in [-0.3, -0.25) is 14.9 Å². The minimum absolute atomic E-state index is 0.162. The van der Waals surface area contributed by atoms with Gasteiger partial charge in [0.1, 0.15) is 5.56 Å². The Labute approximate surface area is 165 Å². The van der Waals surface area contributed by atoms with Gasteiger partial charge in [-0.15, -0.1) is 0 Å². The molecule has 10 nitrogen and oxygen atoms in total. The van der Waals surface area contributed by atoms with Crippen molar-refractivity contribution in [1.82, 2.24) is 14.8 Å². The molecule has 3 rings (SSSR count). The maximum Gasteiger partial charge on any atom is 0.342 e. The summed E-state index contributed by atoms with van der Waals surface area (Å²) in [6.45, 7) is 3.09. The first-order chi connectivity index (χ1) is 13.9. The molecular weight excluding hydrogens is 378 g/mol. The van der Waals surface area contributed by atoms with Crippen LogP contribution in [0, 0.1) is 17.0 Å². The summed E-state index contributed by atoms with van der Waals surface area (Å²) in [6.07, 6.45) is 1.83. The van der Waals surface area contributed by atoms with Crippen LogP contribution in [-0.2, 0) is 9.53 Å². The number of hydrogen-bond donors (Lipinski definition) is 1. The number of pyridine rings is 1. The van der Waals surface area contributed by atoms with Crippen LogP contribution in [0.1, 0.15) is 23.0 Å². The third-order valence-corrected chi connectivity index (χ3v) is 4.07. The Hall–Kier alpha value is -4.08. The lowest BCUT2D eigenvalue weighted by Gasteiger charge is -2.13. The minimum atomic E-state index is -1.13. The predicted molar refractivity (Wildman–Crippen MR) is 103 cm³/mol. The van der Waals surface area contributed by atoms with Crippen LogP contribution in [0.25, 0.3) is 5.82 Å². The fourth-order valence-corrected chi connectivity index (χ4v) is 2.54. The molecule has 0 aliphatic carbocycles. The van der Waals surface area contributed by atoms with Crippen molar-refractivity contribution in [3.8, 4) is 5.82 Å². The van der Waals surface area contributed by atoms with E-state index in [9.17, 15) is 19.7 Å². The highest BCUT2D eigenvalue weighted by atomic mass is 16.6. The van der Waals surface area contributed by atoms with E-state index in [0.29, 0.717) is 11.5 Å². The maximum atomic E-state index is 12.5. The van der Waals surface area contributed by atoms with Crippen molar-refractivity contribution < 1.29 is 19.2 Å². The van der Waals surface area contributed by atoms with E-state index in [1.165, 1.54) is 42.1 Å². The number of nitro groups is 1. The van der Waals surface area contributed by atoms with Gasteiger partial charge in [0.05, 0.1) is 16.8 Å². The topological polar surface area (TPSA) is 129 Å². The molecule has 29 heavy (non-hydrogen) atoms. The lowest BCUT2D eigenvalue weighted by Crippen LogP contribution is -2.30. The molecule has 3 aromatic rings. The Morgan fingerprint density at radius 2 is 2.03 bits per heavy atom. The van der Waals surface area contributed by atoms with Gasteiger partial charge in [0.15, 0.2) is 11.9 Å². The highest BCUT2D eigenvalue weighted by Crippen LogP contribution is 2.18. The van der Waals surface area contributed by atoms with Gasteiger partial charge in [0.2, 0.25) is 0 Å². The van der Waals surface area contributed by atoms with Crippen LogP contribution in [0.5, 0.6) is 0 Å². The van der Waals surface area contributed by atoms with E-state index in [2.05, 4.69) is 15.4 Å². The molecule has 148 valence electrons. The van der Waals surface area contributed by atoms with Gasteiger partial charge < -0.3 is 10.1 Å². The number of aromatic nitrogens is 3. The van der Waals surface area contributed by atoms with Crippen molar-refractivity contribution in [3.05, 3.63) is 76.2 Å². The van der Waals surface area contributed by atoms with Crippen molar-refractivity contribution in [1.29, 1.82) is 0 Å². The highest BCUT2D eigenvalue weighted by molar-refractivity contribution is 5.97. The molecule has 2 aromatic heterocycles. The summed E-state index contributed by atoms with van der Waals surface area (Å²) in [6, 6.07) is 10.8. The molecule has 1 N–H and O–H groups in total.